The zero-order valence-electron chi connectivity index (χ0n) is 26.9. The molecule has 4 fully saturated rings. The number of carbonyl (C=O) groups is 4. The van der Waals surface area contributed by atoms with Crippen molar-refractivity contribution in [2.45, 2.75) is 99.2 Å². The summed E-state index contributed by atoms with van der Waals surface area (Å²) in [6, 6.07) is 0. The van der Waals surface area contributed by atoms with E-state index in [1.54, 1.807) is 6.92 Å². The Bertz CT molecular complexity index is 1240. The lowest BCUT2D eigenvalue weighted by atomic mass is 9.43. The van der Waals surface area contributed by atoms with Crippen LogP contribution in [0.2, 0.25) is 0 Å². The van der Waals surface area contributed by atoms with Gasteiger partial charge in [-0.25, -0.2) is 0 Å². The number of allylic oxidation sites excluding steroid dienone is 2. The molecule has 0 bridgehead atoms. The second kappa shape index (κ2) is 10.9. The van der Waals surface area contributed by atoms with E-state index in [0.717, 1.165) is 32.1 Å². The van der Waals surface area contributed by atoms with Crippen molar-refractivity contribution < 1.29 is 38.5 Å². The molecule has 8 heteroatoms. The highest BCUT2D eigenvalue weighted by atomic mass is 16.7. The van der Waals surface area contributed by atoms with Gasteiger partial charge in [0, 0.05) is 31.6 Å². The van der Waals surface area contributed by atoms with Crippen molar-refractivity contribution in [3.63, 3.8) is 0 Å². The maximum absolute atomic E-state index is 13.6. The first-order chi connectivity index (χ1) is 20.1. The minimum absolute atomic E-state index is 0.0558. The first kappa shape index (κ1) is 32.1. The molecule has 8 nitrogen and oxygen atoms in total. The molecule has 0 heterocycles. The van der Waals surface area contributed by atoms with E-state index in [0.29, 0.717) is 18.3 Å². The zero-order valence-corrected chi connectivity index (χ0v) is 26.9. The summed E-state index contributed by atoms with van der Waals surface area (Å²) in [5, 5.41) is 11.5. The number of ether oxygens (including phenoxy) is 3. The summed E-state index contributed by atoms with van der Waals surface area (Å²) in [6.45, 7) is 17.1. The third-order valence-electron chi connectivity index (χ3n) is 13.3. The summed E-state index contributed by atoms with van der Waals surface area (Å²) in [4.78, 5) is 49.6. The van der Waals surface area contributed by atoms with Crippen LogP contribution in [0.4, 0.5) is 0 Å². The molecule has 12 atom stereocenters. The highest BCUT2D eigenvalue weighted by Gasteiger charge is 2.81. The Morgan fingerprint density at radius 2 is 1.79 bits per heavy atom. The number of rotatable bonds is 10. The molecule has 2 spiro atoms. The summed E-state index contributed by atoms with van der Waals surface area (Å²) < 4.78 is 16.2. The fourth-order valence-corrected chi connectivity index (χ4v) is 11.0. The van der Waals surface area contributed by atoms with Gasteiger partial charge in [0.2, 0.25) is 0 Å². The van der Waals surface area contributed by atoms with Crippen LogP contribution in [-0.2, 0) is 33.4 Å². The van der Waals surface area contributed by atoms with Crippen molar-refractivity contribution in [2.24, 2.45) is 57.2 Å². The van der Waals surface area contributed by atoms with E-state index in [4.69, 9.17) is 14.2 Å². The van der Waals surface area contributed by atoms with Crippen LogP contribution in [0.25, 0.3) is 0 Å². The number of ketones is 2. The van der Waals surface area contributed by atoms with Gasteiger partial charge in [-0.05, 0) is 89.6 Å². The topological polar surface area (TPSA) is 116 Å². The van der Waals surface area contributed by atoms with Crippen LogP contribution in [0.15, 0.2) is 24.3 Å². The van der Waals surface area contributed by atoms with E-state index in [1.807, 2.05) is 13.0 Å². The second-order valence-electron chi connectivity index (χ2n) is 15.1. The number of hydrogen-bond acceptors (Lipinski definition) is 8. The Balaban J connectivity index is 1.39. The number of aliphatic hydroxyl groups excluding tert-OH is 1. The predicted octanol–water partition coefficient (Wildman–Crippen LogP) is 5.22. The highest BCUT2D eigenvalue weighted by molar-refractivity contribution is 5.98. The molecule has 0 radical (unpaired) electrons. The van der Waals surface area contributed by atoms with E-state index >= 15 is 0 Å². The fraction of sp³-hybridized carbons (Fsp3) is 0.771. The van der Waals surface area contributed by atoms with Crippen molar-refractivity contribution in [3.8, 4) is 0 Å². The number of hydrogen-bond donors (Lipinski definition) is 1. The van der Waals surface area contributed by atoms with Gasteiger partial charge >= 0.3 is 11.9 Å². The lowest BCUT2D eigenvalue weighted by Gasteiger charge is -2.61. The minimum Gasteiger partial charge on any atom is -0.462 e. The van der Waals surface area contributed by atoms with Crippen molar-refractivity contribution >= 4 is 23.5 Å². The first-order valence-electron chi connectivity index (χ1n) is 16.1. The van der Waals surface area contributed by atoms with E-state index < -0.39 is 29.9 Å². The van der Waals surface area contributed by atoms with Crippen molar-refractivity contribution in [3.05, 3.63) is 24.3 Å². The van der Waals surface area contributed by atoms with Gasteiger partial charge in [0.05, 0.1) is 6.61 Å². The Morgan fingerprint density at radius 1 is 1.09 bits per heavy atom. The number of esters is 2. The predicted molar refractivity (Wildman–Crippen MR) is 159 cm³/mol. The Labute approximate surface area is 256 Å². The molecular weight excluding hydrogens is 548 g/mol. The molecule has 0 aromatic heterocycles. The zero-order chi connectivity index (χ0) is 31.7. The molecule has 0 aromatic rings. The molecule has 5 aliphatic carbocycles. The number of fused-ring (bicyclic) bond motifs is 2. The third kappa shape index (κ3) is 4.68. The van der Waals surface area contributed by atoms with E-state index in [2.05, 4.69) is 33.4 Å². The average Bonchev–Trinajstić information content (AvgIpc) is 3.55. The van der Waals surface area contributed by atoms with Gasteiger partial charge in [-0.3, -0.25) is 19.2 Å². The quantitative estimate of drug-likeness (QED) is 0.158. The van der Waals surface area contributed by atoms with Gasteiger partial charge in [-0.1, -0.05) is 47.3 Å². The van der Waals surface area contributed by atoms with Crippen LogP contribution in [0.1, 0.15) is 87.0 Å². The first-order valence-corrected chi connectivity index (χ1v) is 16.1. The standard InChI is InChI=1S/C35H50O8/c1-19(16-41-18-42-23(5)36)20(2)30(39)31(40)22(4)29-27(43-24(6)37)15-33(8)28-10-9-25-21(3)26(38)11-12-34(25)17-35(28,34)14-13-32(29,33)7/h11-12,19,21-22,25,27-29,31,40H,2,9-10,13-18H2,1,3-8H3/t19-,21-,22-,25?,27-,28?,29-,31+,32+,33-,34+,35-/m0/s1. The maximum Gasteiger partial charge on any atom is 0.304 e. The molecule has 0 aliphatic heterocycles. The Morgan fingerprint density at radius 3 is 2.44 bits per heavy atom. The molecule has 5 rings (SSSR count). The molecule has 5 aliphatic rings. The molecule has 4 saturated carbocycles. The highest BCUT2D eigenvalue weighted by Crippen LogP contribution is 2.87. The average molecular weight is 599 g/mol. The SMILES string of the molecule is C=C(C(=O)[C@H](O)[C@@H](C)[C@H]1[C@@H](OC(C)=O)C[C@@]2(C)C3CCC4[C@H](C)C(=O)C=C[C@@]45C[C@@]35CC[C@]12C)[C@@H](C)COCOC(C)=O. The maximum atomic E-state index is 13.6. The van der Waals surface area contributed by atoms with Crippen LogP contribution >= 0.6 is 0 Å². The van der Waals surface area contributed by atoms with Gasteiger partial charge in [0.1, 0.15) is 12.2 Å². The molecule has 238 valence electrons. The van der Waals surface area contributed by atoms with Crippen LogP contribution in [0, 0.1) is 57.2 Å². The van der Waals surface area contributed by atoms with Crippen molar-refractivity contribution in [1.29, 1.82) is 0 Å². The van der Waals surface area contributed by atoms with Crippen LogP contribution in [-0.4, -0.2) is 54.2 Å². The van der Waals surface area contributed by atoms with E-state index in [9.17, 15) is 24.3 Å². The van der Waals surface area contributed by atoms with E-state index in [1.165, 1.54) is 13.8 Å². The Hall–Kier alpha value is -2.32. The largest absolute Gasteiger partial charge is 0.462 e. The van der Waals surface area contributed by atoms with Gasteiger partial charge in [-0.2, -0.15) is 0 Å². The van der Waals surface area contributed by atoms with Gasteiger partial charge in [-0.15, -0.1) is 0 Å². The normalized spacial score (nSPS) is 42.8. The number of Topliss-reactive ketones (excluding diaryl/α,β-unsaturated/α-hetero) is 1. The second-order valence-corrected chi connectivity index (χ2v) is 15.1. The summed E-state index contributed by atoms with van der Waals surface area (Å²) in [7, 11) is 0. The van der Waals surface area contributed by atoms with Crippen molar-refractivity contribution in [1.82, 2.24) is 0 Å². The summed E-state index contributed by atoms with van der Waals surface area (Å²) >= 11 is 0. The summed E-state index contributed by atoms with van der Waals surface area (Å²) in [6.07, 6.45) is 8.21. The lowest BCUT2D eigenvalue weighted by molar-refractivity contribution is -0.156. The van der Waals surface area contributed by atoms with E-state index in [-0.39, 0.29) is 70.1 Å². The number of carbonyl (C=O) groups excluding carboxylic acids is 4. The lowest BCUT2D eigenvalue weighted by Crippen LogP contribution is -2.56. The van der Waals surface area contributed by atoms with Crippen molar-refractivity contribution in [2.75, 3.05) is 13.4 Å². The van der Waals surface area contributed by atoms with Gasteiger partial charge < -0.3 is 19.3 Å². The van der Waals surface area contributed by atoms with Crippen LogP contribution < -0.4 is 0 Å². The molecule has 0 amide bonds. The number of aliphatic hydroxyl groups is 1. The smallest absolute Gasteiger partial charge is 0.304 e. The minimum atomic E-state index is -1.31. The van der Waals surface area contributed by atoms with Crippen LogP contribution in [0.5, 0.6) is 0 Å². The molecular formula is C35H50O8. The van der Waals surface area contributed by atoms with Gasteiger partial charge in [0.15, 0.2) is 18.4 Å². The molecule has 2 unspecified atom stereocenters. The molecule has 0 aromatic carbocycles. The van der Waals surface area contributed by atoms with Crippen LogP contribution in [0.3, 0.4) is 0 Å². The Kier molecular flexibility index (Phi) is 8.16. The fourth-order valence-electron chi connectivity index (χ4n) is 11.0. The molecule has 43 heavy (non-hydrogen) atoms. The van der Waals surface area contributed by atoms with Gasteiger partial charge in [0.25, 0.3) is 0 Å². The summed E-state index contributed by atoms with van der Waals surface area (Å²) in [5.74, 6) is -1.20. The third-order valence-corrected chi connectivity index (χ3v) is 13.3. The summed E-state index contributed by atoms with van der Waals surface area (Å²) in [5.41, 5.74) is 0.0639. The molecule has 1 N–H and O–H groups in total. The monoisotopic (exact) mass is 598 g/mol. The molecule has 0 saturated heterocycles.